The second-order valence-corrected chi connectivity index (χ2v) is 8.13. The molecule has 2 heteroatoms. The molecule has 0 aromatic heterocycles. The molecule has 3 aromatic carbocycles. The number of Topliss-reactive ketones (excluding diaryl/α,β-unsaturated/α-hetero) is 1. The Kier molecular flexibility index (Phi) is 6.05. The van der Waals surface area contributed by atoms with Gasteiger partial charge in [-0.05, 0) is 55.2 Å². The molecule has 1 aliphatic rings. The zero-order chi connectivity index (χ0) is 21.7. The molecule has 1 saturated heterocycles. The van der Waals surface area contributed by atoms with Gasteiger partial charge in [-0.25, -0.2) is 0 Å². The van der Waals surface area contributed by atoms with Gasteiger partial charge in [0.25, 0.3) is 0 Å². The van der Waals surface area contributed by atoms with E-state index >= 15 is 0 Å². The van der Waals surface area contributed by atoms with Crippen LogP contribution in [0, 0.1) is 11.8 Å². The van der Waals surface area contributed by atoms with Crippen LogP contribution in [0.15, 0.2) is 91.5 Å². The number of nitrogens with zero attached hydrogens (tertiary/aromatic N) is 1. The third kappa shape index (κ3) is 4.47. The molecule has 0 aliphatic carbocycles. The van der Waals surface area contributed by atoms with Gasteiger partial charge in [0.1, 0.15) is 5.78 Å². The van der Waals surface area contributed by atoms with Crippen LogP contribution in [0.2, 0.25) is 0 Å². The van der Waals surface area contributed by atoms with Crippen molar-refractivity contribution in [3.05, 3.63) is 114 Å². The average molecular weight is 406 g/mol. The van der Waals surface area contributed by atoms with Crippen LogP contribution in [0.3, 0.4) is 0 Å². The van der Waals surface area contributed by atoms with Gasteiger partial charge in [0.05, 0.1) is 5.41 Å². The Morgan fingerprint density at radius 1 is 0.806 bits per heavy atom. The monoisotopic (exact) mass is 405 g/mol. The number of carbonyl (C=O) groups excluding carboxylic acids is 1. The standard InChI is InChI=1S/C29H27NO/c1-23(27-17-15-26(16-18-27)14-13-25-9-5-3-6-10-25)30-21-19-29(20-22-30,24(2)31)28-11-7-4-8-12-28/h3-12,15-18H,1,19-22H2,2H3. The third-order valence-corrected chi connectivity index (χ3v) is 6.34. The molecule has 1 heterocycles. The first kappa shape index (κ1) is 20.7. The molecule has 0 atom stereocenters. The minimum Gasteiger partial charge on any atom is -0.371 e. The van der Waals surface area contributed by atoms with E-state index in [-0.39, 0.29) is 11.2 Å². The normalized spacial score (nSPS) is 14.9. The van der Waals surface area contributed by atoms with Gasteiger partial charge in [-0.3, -0.25) is 4.79 Å². The fourth-order valence-electron chi connectivity index (χ4n) is 4.35. The lowest BCUT2D eigenvalue weighted by atomic mass is 9.70. The number of likely N-dealkylation sites (tertiary alicyclic amines) is 1. The maximum atomic E-state index is 12.6. The van der Waals surface area contributed by atoms with Crippen molar-refractivity contribution in [3.8, 4) is 11.8 Å². The van der Waals surface area contributed by atoms with Crippen LogP contribution in [0.5, 0.6) is 0 Å². The van der Waals surface area contributed by atoms with Crippen molar-refractivity contribution in [3.63, 3.8) is 0 Å². The largest absolute Gasteiger partial charge is 0.371 e. The second-order valence-electron chi connectivity index (χ2n) is 8.13. The Balaban J connectivity index is 1.44. The molecule has 1 fully saturated rings. The van der Waals surface area contributed by atoms with Gasteiger partial charge in [0.2, 0.25) is 0 Å². The van der Waals surface area contributed by atoms with Crippen LogP contribution in [0.4, 0.5) is 0 Å². The highest BCUT2D eigenvalue weighted by Crippen LogP contribution is 2.38. The molecule has 0 N–H and O–H groups in total. The molecule has 4 rings (SSSR count). The summed E-state index contributed by atoms with van der Waals surface area (Å²) in [6.45, 7) is 7.72. The lowest BCUT2D eigenvalue weighted by Crippen LogP contribution is -2.45. The molecule has 0 bridgehead atoms. The molecule has 0 unspecified atom stereocenters. The maximum absolute atomic E-state index is 12.6. The molecule has 0 spiro atoms. The van der Waals surface area contributed by atoms with Gasteiger partial charge in [-0.2, -0.15) is 0 Å². The zero-order valence-corrected chi connectivity index (χ0v) is 18.0. The van der Waals surface area contributed by atoms with E-state index in [4.69, 9.17) is 0 Å². The van der Waals surface area contributed by atoms with Crippen LogP contribution >= 0.6 is 0 Å². The average Bonchev–Trinajstić information content (AvgIpc) is 2.84. The molecule has 2 nitrogen and oxygen atoms in total. The minimum atomic E-state index is -0.380. The fourth-order valence-corrected chi connectivity index (χ4v) is 4.35. The van der Waals surface area contributed by atoms with Crippen molar-refractivity contribution in [1.29, 1.82) is 0 Å². The van der Waals surface area contributed by atoms with Crippen molar-refractivity contribution in [2.24, 2.45) is 0 Å². The number of hydrogen-bond acceptors (Lipinski definition) is 2. The molecular weight excluding hydrogens is 378 g/mol. The summed E-state index contributed by atoms with van der Waals surface area (Å²) in [6, 6.07) is 28.5. The molecule has 0 radical (unpaired) electrons. The summed E-state index contributed by atoms with van der Waals surface area (Å²) in [5.41, 5.74) is 4.85. The van der Waals surface area contributed by atoms with Crippen molar-refractivity contribution < 1.29 is 4.79 Å². The second kappa shape index (κ2) is 9.06. The van der Waals surface area contributed by atoms with Gasteiger partial charge < -0.3 is 4.90 Å². The van der Waals surface area contributed by atoms with E-state index < -0.39 is 0 Å². The summed E-state index contributed by atoms with van der Waals surface area (Å²) in [5, 5.41) is 0. The topological polar surface area (TPSA) is 20.3 Å². The van der Waals surface area contributed by atoms with Crippen LogP contribution in [-0.2, 0) is 10.2 Å². The van der Waals surface area contributed by atoms with Crippen LogP contribution in [0.25, 0.3) is 5.70 Å². The zero-order valence-electron chi connectivity index (χ0n) is 18.0. The van der Waals surface area contributed by atoms with E-state index in [1.807, 2.05) is 60.7 Å². The molecule has 3 aromatic rings. The molecule has 0 saturated carbocycles. The van der Waals surface area contributed by atoms with Gasteiger partial charge in [0, 0.05) is 29.9 Å². The van der Waals surface area contributed by atoms with Crippen molar-refractivity contribution in [2.45, 2.75) is 25.2 Å². The SMILES string of the molecule is C=C(c1ccc(C#Cc2ccccc2)cc1)N1CCC(C(C)=O)(c2ccccc2)CC1. The fraction of sp³-hybridized carbons (Fsp3) is 0.207. The summed E-state index contributed by atoms with van der Waals surface area (Å²) in [5.74, 6) is 6.67. The number of hydrogen-bond donors (Lipinski definition) is 0. The lowest BCUT2D eigenvalue weighted by Gasteiger charge is -2.42. The summed E-state index contributed by atoms with van der Waals surface area (Å²) < 4.78 is 0. The number of ketones is 1. The molecular formula is C29H27NO. The Morgan fingerprint density at radius 2 is 1.32 bits per heavy atom. The first-order chi connectivity index (χ1) is 15.1. The highest BCUT2D eigenvalue weighted by atomic mass is 16.1. The first-order valence-electron chi connectivity index (χ1n) is 10.8. The van der Waals surface area contributed by atoms with Gasteiger partial charge in [-0.1, -0.05) is 79.1 Å². The summed E-state index contributed by atoms with van der Waals surface area (Å²) >= 11 is 0. The van der Waals surface area contributed by atoms with E-state index in [2.05, 4.69) is 47.6 Å². The van der Waals surface area contributed by atoms with Crippen molar-refractivity contribution in [1.82, 2.24) is 4.90 Å². The van der Waals surface area contributed by atoms with Crippen molar-refractivity contribution in [2.75, 3.05) is 13.1 Å². The number of rotatable bonds is 4. The summed E-state index contributed by atoms with van der Waals surface area (Å²) in [6.07, 6.45) is 1.62. The van der Waals surface area contributed by atoms with E-state index in [0.717, 1.165) is 53.9 Å². The predicted octanol–water partition coefficient (Wildman–Crippen LogP) is 5.68. The Labute approximate surface area is 185 Å². The Bertz CT molecular complexity index is 1110. The van der Waals surface area contributed by atoms with E-state index in [9.17, 15) is 4.79 Å². The number of carbonyl (C=O) groups is 1. The number of benzene rings is 3. The molecule has 154 valence electrons. The van der Waals surface area contributed by atoms with Crippen LogP contribution < -0.4 is 0 Å². The number of piperidine rings is 1. The maximum Gasteiger partial charge on any atom is 0.140 e. The van der Waals surface area contributed by atoms with Crippen LogP contribution in [-0.4, -0.2) is 23.8 Å². The van der Waals surface area contributed by atoms with E-state index in [1.165, 1.54) is 0 Å². The lowest BCUT2D eigenvalue weighted by molar-refractivity contribution is -0.124. The smallest absolute Gasteiger partial charge is 0.140 e. The summed E-state index contributed by atoms with van der Waals surface area (Å²) in [7, 11) is 0. The van der Waals surface area contributed by atoms with E-state index in [0.29, 0.717) is 0 Å². The van der Waals surface area contributed by atoms with Gasteiger partial charge in [0.15, 0.2) is 0 Å². The quantitative estimate of drug-likeness (QED) is 0.521. The Hall–Kier alpha value is -3.57. The third-order valence-electron chi connectivity index (χ3n) is 6.34. The van der Waals surface area contributed by atoms with E-state index in [1.54, 1.807) is 6.92 Å². The molecule has 31 heavy (non-hydrogen) atoms. The summed E-state index contributed by atoms with van der Waals surface area (Å²) in [4.78, 5) is 14.9. The van der Waals surface area contributed by atoms with Gasteiger partial charge >= 0.3 is 0 Å². The highest BCUT2D eigenvalue weighted by Gasteiger charge is 2.40. The molecule has 0 amide bonds. The van der Waals surface area contributed by atoms with Crippen molar-refractivity contribution >= 4 is 11.5 Å². The van der Waals surface area contributed by atoms with Gasteiger partial charge in [-0.15, -0.1) is 0 Å². The minimum absolute atomic E-state index is 0.255. The predicted molar refractivity (Wildman–Crippen MR) is 128 cm³/mol. The molecule has 1 aliphatic heterocycles. The van der Waals surface area contributed by atoms with Crippen LogP contribution in [0.1, 0.15) is 42.0 Å². The highest BCUT2D eigenvalue weighted by molar-refractivity contribution is 5.88. The Morgan fingerprint density at radius 3 is 1.87 bits per heavy atom. The first-order valence-corrected chi connectivity index (χ1v) is 10.8.